The van der Waals surface area contributed by atoms with Gasteiger partial charge in [-0.05, 0) is 36.8 Å². The Morgan fingerprint density at radius 1 is 1.30 bits per heavy atom. The van der Waals surface area contributed by atoms with Crippen LogP contribution in [-0.2, 0) is 11.3 Å². The van der Waals surface area contributed by atoms with Crippen LogP contribution in [0.15, 0.2) is 42.6 Å². The predicted molar refractivity (Wildman–Crippen MR) is 74.6 cm³/mol. The summed E-state index contributed by atoms with van der Waals surface area (Å²) in [6, 6.07) is 10.6. The highest BCUT2D eigenvalue weighted by Gasteiger charge is 2.15. The van der Waals surface area contributed by atoms with E-state index < -0.39 is 5.97 Å². The number of carbonyl (C=O) groups excluding carboxylic acids is 1. The van der Waals surface area contributed by atoms with E-state index in [-0.39, 0.29) is 5.88 Å². The summed E-state index contributed by atoms with van der Waals surface area (Å²) in [5, 5.41) is 0. The monoisotopic (exact) mass is 272 g/mol. The molecular formula is C15H16N2O3. The molecule has 0 fully saturated rings. The van der Waals surface area contributed by atoms with Crippen LogP contribution in [0.2, 0.25) is 0 Å². The van der Waals surface area contributed by atoms with Crippen molar-refractivity contribution in [2.24, 2.45) is 5.73 Å². The van der Waals surface area contributed by atoms with E-state index >= 15 is 0 Å². The van der Waals surface area contributed by atoms with E-state index in [1.165, 1.54) is 0 Å². The molecule has 1 aromatic carbocycles. The molecule has 0 saturated carbocycles. The highest BCUT2D eigenvalue weighted by atomic mass is 16.5. The van der Waals surface area contributed by atoms with E-state index in [1.54, 1.807) is 31.3 Å². The zero-order chi connectivity index (χ0) is 14.4. The van der Waals surface area contributed by atoms with Crippen molar-refractivity contribution in [1.29, 1.82) is 0 Å². The fourth-order valence-electron chi connectivity index (χ4n) is 1.68. The van der Waals surface area contributed by atoms with E-state index in [0.29, 0.717) is 24.5 Å². The molecule has 0 bridgehead atoms. The number of nitrogens with two attached hydrogens (primary N) is 1. The molecule has 0 atom stereocenters. The standard InChI is InChI=1S/C15H16N2O3/c1-2-19-15(18)13-7-4-8-17-14(13)20-12-6-3-5-11(9-12)10-16/h3-9H,2,10,16H2,1H3. The molecule has 104 valence electrons. The summed E-state index contributed by atoms with van der Waals surface area (Å²) in [6.07, 6.45) is 1.56. The third-order valence-electron chi connectivity index (χ3n) is 2.62. The Bertz CT molecular complexity index is 599. The summed E-state index contributed by atoms with van der Waals surface area (Å²) in [5.41, 5.74) is 6.82. The first kappa shape index (κ1) is 14.0. The van der Waals surface area contributed by atoms with Gasteiger partial charge in [0.2, 0.25) is 5.88 Å². The highest BCUT2D eigenvalue weighted by molar-refractivity contribution is 5.91. The van der Waals surface area contributed by atoms with E-state index in [9.17, 15) is 4.79 Å². The maximum absolute atomic E-state index is 11.8. The van der Waals surface area contributed by atoms with Gasteiger partial charge in [-0.2, -0.15) is 0 Å². The topological polar surface area (TPSA) is 74.4 Å². The summed E-state index contributed by atoms with van der Waals surface area (Å²) in [4.78, 5) is 15.9. The lowest BCUT2D eigenvalue weighted by Crippen LogP contribution is -2.07. The van der Waals surface area contributed by atoms with Crippen molar-refractivity contribution in [2.75, 3.05) is 6.61 Å². The van der Waals surface area contributed by atoms with Crippen LogP contribution >= 0.6 is 0 Å². The Morgan fingerprint density at radius 3 is 2.90 bits per heavy atom. The van der Waals surface area contributed by atoms with Gasteiger partial charge < -0.3 is 15.2 Å². The molecule has 0 aliphatic rings. The van der Waals surface area contributed by atoms with Gasteiger partial charge in [0.05, 0.1) is 6.61 Å². The molecule has 0 spiro atoms. The molecule has 0 saturated heterocycles. The molecule has 20 heavy (non-hydrogen) atoms. The number of hydrogen-bond acceptors (Lipinski definition) is 5. The van der Waals surface area contributed by atoms with Gasteiger partial charge in [0, 0.05) is 12.7 Å². The van der Waals surface area contributed by atoms with E-state index in [0.717, 1.165) is 5.56 Å². The molecule has 0 aliphatic heterocycles. The van der Waals surface area contributed by atoms with Crippen LogP contribution in [0.4, 0.5) is 0 Å². The Kier molecular flexibility index (Phi) is 4.68. The molecule has 5 heteroatoms. The number of carbonyl (C=O) groups is 1. The number of hydrogen-bond donors (Lipinski definition) is 1. The fourth-order valence-corrected chi connectivity index (χ4v) is 1.68. The minimum Gasteiger partial charge on any atom is -0.462 e. The van der Waals surface area contributed by atoms with Gasteiger partial charge in [-0.15, -0.1) is 0 Å². The number of benzene rings is 1. The average Bonchev–Trinajstić information content (AvgIpc) is 2.48. The summed E-state index contributed by atoms with van der Waals surface area (Å²) >= 11 is 0. The number of rotatable bonds is 5. The van der Waals surface area contributed by atoms with Crippen molar-refractivity contribution in [3.05, 3.63) is 53.7 Å². The number of esters is 1. The second-order valence-electron chi connectivity index (χ2n) is 4.03. The van der Waals surface area contributed by atoms with Crippen molar-refractivity contribution in [3.8, 4) is 11.6 Å². The molecule has 0 amide bonds. The number of aromatic nitrogens is 1. The van der Waals surface area contributed by atoms with E-state index in [4.69, 9.17) is 15.2 Å². The van der Waals surface area contributed by atoms with Gasteiger partial charge in [0.15, 0.2) is 0 Å². The molecule has 5 nitrogen and oxygen atoms in total. The number of pyridine rings is 1. The first-order chi connectivity index (χ1) is 9.74. The van der Waals surface area contributed by atoms with Crippen LogP contribution in [0.1, 0.15) is 22.8 Å². The smallest absolute Gasteiger partial charge is 0.343 e. The second kappa shape index (κ2) is 6.68. The van der Waals surface area contributed by atoms with Gasteiger partial charge in [-0.3, -0.25) is 0 Å². The van der Waals surface area contributed by atoms with Crippen LogP contribution < -0.4 is 10.5 Å². The molecule has 0 unspecified atom stereocenters. The van der Waals surface area contributed by atoms with Gasteiger partial charge in [-0.25, -0.2) is 9.78 Å². The molecule has 0 aliphatic carbocycles. The highest BCUT2D eigenvalue weighted by Crippen LogP contribution is 2.24. The lowest BCUT2D eigenvalue weighted by Gasteiger charge is -2.09. The minimum absolute atomic E-state index is 0.222. The third kappa shape index (κ3) is 3.33. The van der Waals surface area contributed by atoms with Crippen molar-refractivity contribution in [3.63, 3.8) is 0 Å². The molecule has 2 N–H and O–H groups in total. The largest absolute Gasteiger partial charge is 0.462 e. The lowest BCUT2D eigenvalue weighted by atomic mass is 10.2. The molecule has 2 aromatic rings. The summed E-state index contributed by atoms with van der Waals surface area (Å²) < 4.78 is 10.6. The molecule has 1 aromatic heterocycles. The molecular weight excluding hydrogens is 256 g/mol. The van der Waals surface area contributed by atoms with Crippen molar-refractivity contribution < 1.29 is 14.3 Å². The third-order valence-corrected chi connectivity index (χ3v) is 2.62. The number of ether oxygens (including phenoxy) is 2. The maximum Gasteiger partial charge on any atom is 0.343 e. The van der Waals surface area contributed by atoms with Gasteiger partial charge in [-0.1, -0.05) is 12.1 Å². The van der Waals surface area contributed by atoms with Crippen molar-refractivity contribution >= 4 is 5.97 Å². The quantitative estimate of drug-likeness (QED) is 0.846. The summed E-state index contributed by atoms with van der Waals surface area (Å²) in [6.45, 7) is 2.47. The van der Waals surface area contributed by atoms with Crippen LogP contribution in [0.3, 0.4) is 0 Å². The Morgan fingerprint density at radius 2 is 2.15 bits per heavy atom. The molecule has 0 radical (unpaired) electrons. The SMILES string of the molecule is CCOC(=O)c1cccnc1Oc1cccc(CN)c1. The normalized spacial score (nSPS) is 10.1. The maximum atomic E-state index is 11.8. The average molecular weight is 272 g/mol. The Balaban J connectivity index is 2.26. The second-order valence-corrected chi connectivity index (χ2v) is 4.03. The summed E-state index contributed by atoms with van der Waals surface area (Å²) in [5.74, 6) is 0.350. The Labute approximate surface area is 117 Å². The minimum atomic E-state index is -0.453. The lowest BCUT2D eigenvalue weighted by molar-refractivity contribution is 0.0522. The van der Waals surface area contributed by atoms with Gasteiger partial charge in [0.25, 0.3) is 0 Å². The van der Waals surface area contributed by atoms with Gasteiger partial charge >= 0.3 is 5.97 Å². The predicted octanol–water partition coefficient (Wildman–Crippen LogP) is 2.51. The van der Waals surface area contributed by atoms with Gasteiger partial charge in [0.1, 0.15) is 11.3 Å². The fraction of sp³-hybridized carbons (Fsp3) is 0.200. The zero-order valence-corrected chi connectivity index (χ0v) is 11.2. The first-order valence-electron chi connectivity index (χ1n) is 6.33. The van der Waals surface area contributed by atoms with Crippen LogP contribution in [-0.4, -0.2) is 17.6 Å². The van der Waals surface area contributed by atoms with Crippen LogP contribution in [0, 0.1) is 0 Å². The van der Waals surface area contributed by atoms with Crippen LogP contribution in [0.25, 0.3) is 0 Å². The van der Waals surface area contributed by atoms with E-state index in [1.807, 2.05) is 18.2 Å². The summed E-state index contributed by atoms with van der Waals surface area (Å²) in [7, 11) is 0. The van der Waals surface area contributed by atoms with Crippen molar-refractivity contribution in [2.45, 2.75) is 13.5 Å². The first-order valence-corrected chi connectivity index (χ1v) is 6.33. The van der Waals surface area contributed by atoms with Crippen molar-refractivity contribution in [1.82, 2.24) is 4.98 Å². The number of nitrogens with zero attached hydrogens (tertiary/aromatic N) is 1. The zero-order valence-electron chi connectivity index (χ0n) is 11.2. The molecule has 2 rings (SSSR count). The van der Waals surface area contributed by atoms with E-state index in [2.05, 4.69) is 4.98 Å². The van der Waals surface area contributed by atoms with Crippen LogP contribution in [0.5, 0.6) is 11.6 Å². The molecule has 1 heterocycles. The Hall–Kier alpha value is -2.40.